The van der Waals surface area contributed by atoms with E-state index in [1.807, 2.05) is 19.1 Å². The number of amides is 1. The first-order valence-corrected chi connectivity index (χ1v) is 9.27. The molecule has 0 saturated carbocycles. The van der Waals surface area contributed by atoms with Crippen molar-refractivity contribution in [1.29, 1.82) is 0 Å². The summed E-state index contributed by atoms with van der Waals surface area (Å²) >= 11 is 5.94. The second-order valence-corrected chi connectivity index (χ2v) is 8.17. The average Bonchev–Trinajstić information content (AvgIpc) is 2.45. The van der Waals surface area contributed by atoms with Crippen molar-refractivity contribution in [3.05, 3.63) is 40.9 Å². The van der Waals surface area contributed by atoms with Gasteiger partial charge in [0.05, 0.1) is 5.75 Å². The Kier molecular flexibility index (Phi) is 6.63. The van der Waals surface area contributed by atoms with E-state index >= 15 is 0 Å². The molecule has 1 aromatic carbocycles. The largest absolute Gasteiger partial charge is 0.338 e. The quantitative estimate of drug-likeness (QED) is 0.746. The molecule has 0 aliphatic heterocycles. The molecule has 4 nitrogen and oxygen atoms in total. The maximum atomic E-state index is 12.2. The molecule has 0 spiro atoms. The van der Waals surface area contributed by atoms with Gasteiger partial charge in [0.2, 0.25) is 5.91 Å². The number of likely N-dealkylation sites (N-methyl/N-ethyl adjacent to an activating group) is 1. The van der Waals surface area contributed by atoms with Crippen molar-refractivity contribution in [2.75, 3.05) is 18.6 Å². The molecule has 1 rings (SSSR count). The summed E-state index contributed by atoms with van der Waals surface area (Å²) in [6.45, 7) is 5.16. The maximum absolute atomic E-state index is 12.2. The molecule has 0 heterocycles. The Bertz CT molecular complexity index is 668. The molecule has 0 fully saturated rings. The normalized spacial score (nSPS) is 13.8. The molecule has 1 aromatic rings. The molecule has 0 N–H and O–H groups in total. The molecule has 22 heavy (non-hydrogen) atoms. The first-order valence-electron chi connectivity index (χ1n) is 7.07. The second-order valence-electron chi connectivity index (χ2n) is 5.33. The molecule has 122 valence electrons. The minimum Gasteiger partial charge on any atom is -0.338 e. The van der Waals surface area contributed by atoms with Gasteiger partial charge in [0.15, 0.2) is 9.84 Å². The molecule has 0 bridgehead atoms. The standard InChI is InChI=1S/C16H22ClNO3S/c1-5-22(20,21)11-13(3)18(4)16(19)9-12(2)14-7-6-8-15(17)10-14/h6-10,13H,5,11H2,1-4H3. The Labute approximate surface area is 137 Å². The van der Waals surface area contributed by atoms with Crippen LogP contribution in [0.2, 0.25) is 5.02 Å². The number of carbonyl (C=O) groups is 1. The maximum Gasteiger partial charge on any atom is 0.246 e. The molecule has 0 aromatic heterocycles. The molecule has 6 heteroatoms. The van der Waals surface area contributed by atoms with Gasteiger partial charge in [0.1, 0.15) is 0 Å². The molecule has 1 atom stereocenters. The predicted molar refractivity (Wildman–Crippen MR) is 91.7 cm³/mol. The van der Waals surface area contributed by atoms with E-state index in [1.165, 1.54) is 11.0 Å². The highest BCUT2D eigenvalue weighted by Crippen LogP contribution is 2.18. The van der Waals surface area contributed by atoms with Crippen LogP contribution < -0.4 is 0 Å². The molecular formula is C16H22ClNO3S. The van der Waals surface area contributed by atoms with Crippen LogP contribution in [0.5, 0.6) is 0 Å². The average molecular weight is 344 g/mol. The Morgan fingerprint density at radius 1 is 1.41 bits per heavy atom. The molecular weight excluding hydrogens is 322 g/mol. The number of halogens is 1. The number of carbonyl (C=O) groups excluding carboxylic acids is 1. The summed E-state index contributed by atoms with van der Waals surface area (Å²) in [5.41, 5.74) is 1.65. The van der Waals surface area contributed by atoms with E-state index in [0.29, 0.717) is 5.02 Å². The molecule has 0 aliphatic rings. The van der Waals surface area contributed by atoms with Gasteiger partial charge in [-0.3, -0.25) is 4.79 Å². The summed E-state index contributed by atoms with van der Waals surface area (Å²) in [4.78, 5) is 13.7. The zero-order chi connectivity index (χ0) is 16.9. The summed E-state index contributed by atoms with van der Waals surface area (Å²) < 4.78 is 23.3. The molecule has 1 unspecified atom stereocenters. The lowest BCUT2D eigenvalue weighted by molar-refractivity contribution is -0.126. The molecule has 0 saturated heterocycles. The highest BCUT2D eigenvalue weighted by Gasteiger charge is 2.20. The Hall–Kier alpha value is -1.33. The number of hydrogen-bond donors (Lipinski definition) is 0. The predicted octanol–water partition coefficient (Wildman–Crippen LogP) is 3.02. The first kappa shape index (κ1) is 18.7. The highest BCUT2D eigenvalue weighted by atomic mass is 35.5. The van der Waals surface area contributed by atoms with Crippen molar-refractivity contribution >= 4 is 32.9 Å². The van der Waals surface area contributed by atoms with E-state index in [4.69, 9.17) is 11.6 Å². The number of rotatable bonds is 6. The lowest BCUT2D eigenvalue weighted by atomic mass is 10.1. The van der Waals surface area contributed by atoms with Gasteiger partial charge in [-0.2, -0.15) is 0 Å². The molecule has 0 radical (unpaired) electrons. The SMILES string of the molecule is CCS(=O)(=O)CC(C)N(C)C(=O)C=C(C)c1cccc(Cl)c1. The molecule has 0 aliphatic carbocycles. The van der Waals surface area contributed by atoms with Crippen LogP contribution in [0, 0.1) is 0 Å². The van der Waals surface area contributed by atoms with E-state index in [-0.39, 0.29) is 23.5 Å². The monoisotopic (exact) mass is 343 g/mol. The van der Waals surface area contributed by atoms with Crippen LogP contribution in [0.4, 0.5) is 0 Å². The van der Waals surface area contributed by atoms with E-state index in [9.17, 15) is 13.2 Å². The van der Waals surface area contributed by atoms with E-state index in [0.717, 1.165) is 11.1 Å². The summed E-state index contributed by atoms with van der Waals surface area (Å²) in [6, 6.07) is 6.87. The van der Waals surface area contributed by atoms with Crippen LogP contribution in [-0.4, -0.2) is 43.8 Å². The Morgan fingerprint density at radius 3 is 2.59 bits per heavy atom. The fraction of sp³-hybridized carbons (Fsp3) is 0.438. The summed E-state index contributed by atoms with van der Waals surface area (Å²) in [5, 5.41) is 0.605. The van der Waals surface area contributed by atoms with Crippen molar-refractivity contribution in [2.45, 2.75) is 26.8 Å². The Balaban J connectivity index is 2.84. The van der Waals surface area contributed by atoms with Gasteiger partial charge in [-0.15, -0.1) is 0 Å². The number of hydrogen-bond acceptors (Lipinski definition) is 3. The summed E-state index contributed by atoms with van der Waals surface area (Å²) in [5.74, 6) is -0.178. The van der Waals surface area contributed by atoms with Crippen LogP contribution in [0.3, 0.4) is 0 Å². The third-order valence-corrected chi connectivity index (χ3v) is 5.67. The first-order chi connectivity index (χ1) is 10.2. The van der Waals surface area contributed by atoms with Crippen molar-refractivity contribution in [1.82, 2.24) is 4.90 Å². The van der Waals surface area contributed by atoms with Crippen molar-refractivity contribution in [2.24, 2.45) is 0 Å². The van der Waals surface area contributed by atoms with Crippen LogP contribution >= 0.6 is 11.6 Å². The number of allylic oxidation sites excluding steroid dienone is 1. The van der Waals surface area contributed by atoms with Crippen molar-refractivity contribution in [3.8, 4) is 0 Å². The van der Waals surface area contributed by atoms with Crippen LogP contribution in [0.1, 0.15) is 26.3 Å². The number of sulfone groups is 1. The van der Waals surface area contributed by atoms with E-state index < -0.39 is 9.84 Å². The van der Waals surface area contributed by atoms with E-state index in [2.05, 4.69) is 0 Å². The van der Waals surface area contributed by atoms with Gasteiger partial charge >= 0.3 is 0 Å². The van der Waals surface area contributed by atoms with Gasteiger partial charge < -0.3 is 4.90 Å². The van der Waals surface area contributed by atoms with Crippen LogP contribution in [0.15, 0.2) is 30.3 Å². The minimum absolute atomic E-state index is 0.0320. The van der Waals surface area contributed by atoms with Gasteiger partial charge in [0.25, 0.3) is 0 Å². The Morgan fingerprint density at radius 2 is 2.05 bits per heavy atom. The lowest BCUT2D eigenvalue weighted by Gasteiger charge is -2.23. The van der Waals surface area contributed by atoms with Gasteiger partial charge in [-0.25, -0.2) is 8.42 Å². The topological polar surface area (TPSA) is 54.5 Å². The number of nitrogens with zero attached hydrogens (tertiary/aromatic N) is 1. The second kappa shape index (κ2) is 7.79. The zero-order valence-corrected chi connectivity index (χ0v) is 14.9. The lowest BCUT2D eigenvalue weighted by Crippen LogP contribution is -2.39. The smallest absolute Gasteiger partial charge is 0.246 e. The van der Waals surface area contributed by atoms with Gasteiger partial charge in [-0.1, -0.05) is 30.7 Å². The third kappa shape index (κ3) is 5.46. The van der Waals surface area contributed by atoms with Crippen LogP contribution in [-0.2, 0) is 14.6 Å². The summed E-state index contributed by atoms with van der Waals surface area (Å²) in [6.07, 6.45) is 1.50. The van der Waals surface area contributed by atoms with E-state index in [1.54, 1.807) is 33.0 Å². The van der Waals surface area contributed by atoms with Crippen molar-refractivity contribution < 1.29 is 13.2 Å². The third-order valence-electron chi connectivity index (χ3n) is 3.56. The number of benzene rings is 1. The zero-order valence-electron chi connectivity index (χ0n) is 13.3. The van der Waals surface area contributed by atoms with Gasteiger partial charge in [0, 0.05) is 29.9 Å². The summed E-state index contributed by atoms with van der Waals surface area (Å²) in [7, 11) is -1.50. The fourth-order valence-corrected chi connectivity index (χ4v) is 3.30. The highest BCUT2D eigenvalue weighted by molar-refractivity contribution is 7.91. The van der Waals surface area contributed by atoms with Gasteiger partial charge in [-0.05, 0) is 37.1 Å². The minimum atomic E-state index is -3.12. The molecule has 1 amide bonds. The van der Waals surface area contributed by atoms with Crippen LogP contribution in [0.25, 0.3) is 5.57 Å². The van der Waals surface area contributed by atoms with Crippen molar-refractivity contribution in [3.63, 3.8) is 0 Å². The fourth-order valence-electron chi connectivity index (χ4n) is 1.92.